The van der Waals surface area contributed by atoms with Crippen molar-refractivity contribution in [3.05, 3.63) is 34.9 Å². The molecule has 92 valence electrons. The first-order valence-corrected chi connectivity index (χ1v) is 6.48. The van der Waals surface area contributed by atoms with E-state index in [1.165, 1.54) is 16.7 Å². The van der Waals surface area contributed by atoms with Gasteiger partial charge in [-0.2, -0.15) is 5.48 Å². The number of hydrogen-bond acceptors (Lipinski definition) is 2. The minimum Gasteiger partial charge on any atom is -0.290 e. The van der Waals surface area contributed by atoms with E-state index in [1.54, 1.807) is 0 Å². The minimum absolute atomic E-state index is 0.131. The molecule has 1 spiro atoms. The van der Waals surface area contributed by atoms with Gasteiger partial charge in [-0.25, -0.2) is 0 Å². The topological polar surface area (TPSA) is 21.3 Å². The summed E-state index contributed by atoms with van der Waals surface area (Å²) < 4.78 is 0. The number of fused-ring (bicyclic) bond motifs is 2. The van der Waals surface area contributed by atoms with Crippen LogP contribution in [0.15, 0.2) is 18.2 Å². The second-order valence-electron chi connectivity index (χ2n) is 6.37. The average Bonchev–Trinajstić information content (AvgIpc) is 2.72. The molecule has 17 heavy (non-hydrogen) atoms. The molecular weight excluding hydrogens is 210 g/mol. The largest absolute Gasteiger partial charge is 0.290 e. The zero-order valence-electron chi connectivity index (χ0n) is 11.1. The van der Waals surface area contributed by atoms with E-state index >= 15 is 0 Å². The Hall–Kier alpha value is -0.860. The molecule has 1 N–H and O–H groups in total. The van der Waals surface area contributed by atoms with Gasteiger partial charge >= 0.3 is 0 Å². The third-order valence-corrected chi connectivity index (χ3v) is 4.45. The summed E-state index contributed by atoms with van der Waals surface area (Å²) in [5.74, 6) is 0. The molecule has 1 aliphatic heterocycles. The Morgan fingerprint density at radius 1 is 1.35 bits per heavy atom. The maximum absolute atomic E-state index is 6.06. The standard InChI is InChI=1S/C15H21NO/c1-10-5-6-12-9-14(3,4)15(13(12)7-10)8-11(2)16-17-15/h5-7,11,16H,8-9H2,1-4H3. The quantitative estimate of drug-likeness (QED) is 0.741. The molecule has 2 unspecified atom stereocenters. The highest BCUT2D eigenvalue weighted by molar-refractivity contribution is 5.43. The molecule has 0 saturated carbocycles. The maximum atomic E-state index is 6.06. The SMILES string of the molecule is Cc1ccc2c(c1)C1(CC(C)NO1)C(C)(C)C2. The van der Waals surface area contributed by atoms with Gasteiger partial charge in [0, 0.05) is 17.9 Å². The van der Waals surface area contributed by atoms with Crippen molar-refractivity contribution in [1.29, 1.82) is 0 Å². The van der Waals surface area contributed by atoms with Crippen LogP contribution in [0.4, 0.5) is 0 Å². The second-order valence-corrected chi connectivity index (χ2v) is 6.37. The second kappa shape index (κ2) is 3.33. The van der Waals surface area contributed by atoms with Crippen molar-refractivity contribution in [3.8, 4) is 0 Å². The first-order chi connectivity index (χ1) is 7.95. The Labute approximate surface area is 103 Å². The number of rotatable bonds is 0. The highest BCUT2D eigenvalue weighted by Gasteiger charge is 2.57. The van der Waals surface area contributed by atoms with Crippen molar-refractivity contribution in [2.75, 3.05) is 0 Å². The Bertz CT molecular complexity index is 466. The molecular formula is C15H21NO. The molecule has 1 aromatic carbocycles. The van der Waals surface area contributed by atoms with E-state index in [0.717, 1.165) is 12.8 Å². The van der Waals surface area contributed by atoms with Gasteiger partial charge in [0.25, 0.3) is 0 Å². The summed E-state index contributed by atoms with van der Waals surface area (Å²) in [5, 5.41) is 0. The van der Waals surface area contributed by atoms with E-state index in [-0.39, 0.29) is 11.0 Å². The fraction of sp³-hybridized carbons (Fsp3) is 0.600. The van der Waals surface area contributed by atoms with Crippen molar-refractivity contribution >= 4 is 0 Å². The zero-order valence-corrected chi connectivity index (χ0v) is 11.1. The summed E-state index contributed by atoms with van der Waals surface area (Å²) in [6.45, 7) is 8.99. The number of benzene rings is 1. The van der Waals surface area contributed by atoms with Crippen molar-refractivity contribution in [3.63, 3.8) is 0 Å². The van der Waals surface area contributed by atoms with Gasteiger partial charge in [0.15, 0.2) is 0 Å². The lowest BCUT2D eigenvalue weighted by molar-refractivity contribution is -0.122. The number of hydrogen-bond donors (Lipinski definition) is 1. The van der Waals surface area contributed by atoms with Crippen LogP contribution in [0.1, 0.15) is 43.9 Å². The first kappa shape index (κ1) is 11.2. The molecule has 2 heteroatoms. The Morgan fingerprint density at radius 3 is 2.76 bits per heavy atom. The normalized spacial score (nSPS) is 34.2. The highest BCUT2D eigenvalue weighted by atomic mass is 16.7. The number of hydroxylamine groups is 1. The van der Waals surface area contributed by atoms with Gasteiger partial charge in [-0.3, -0.25) is 4.84 Å². The molecule has 1 fully saturated rings. The molecule has 3 rings (SSSR count). The van der Waals surface area contributed by atoms with E-state index < -0.39 is 0 Å². The molecule has 1 aromatic rings. The fourth-order valence-electron chi connectivity index (χ4n) is 3.50. The minimum atomic E-state index is -0.131. The Balaban J connectivity index is 2.17. The van der Waals surface area contributed by atoms with Gasteiger partial charge in [-0.05, 0) is 31.4 Å². The lowest BCUT2D eigenvalue weighted by Gasteiger charge is -2.37. The Morgan fingerprint density at radius 2 is 2.12 bits per heavy atom. The van der Waals surface area contributed by atoms with E-state index in [1.807, 2.05) is 0 Å². The smallest absolute Gasteiger partial charge is 0.122 e. The van der Waals surface area contributed by atoms with E-state index in [2.05, 4.69) is 51.4 Å². The van der Waals surface area contributed by atoms with Crippen LogP contribution in [0, 0.1) is 12.3 Å². The monoisotopic (exact) mass is 231 g/mol. The fourth-order valence-corrected chi connectivity index (χ4v) is 3.50. The summed E-state index contributed by atoms with van der Waals surface area (Å²) >= 11 is 0. The molecule has 2 nitrogen and oxygen atoms in total. The van der Waals surface area contributed by atoms with Gasteiger partial charge in [0.05, 0.1) is 0 Å². The summed E-state index contributed by atoms with van der Waals surface area (Å²) in [7, 11) is 0. The van der Waals surface area contributed by atoms with Crippen LogP contribution in [0.25, 0.3) is 0 Å². The average molecular weight is 231 g/mol. The molecule has 2 atom stereocenters. The Kier molecular flexibility index (Phi) is 2.20. The van der Waals surface area contributed by atoms with Crippen LogP contribution < -0.4 is 5.48 Å². The summed E-state index contributed by atoms with van der Waals surface area (Å²) in [5.41, 5.74) is 7.38. The molecule has 0 bridgehead atoms. The third kappa shape index (κ3) is 1.40. The molecule has 0 amide bonds. The summed E-state index contributed by atoms with van der Waals surface area (Å²) in [6.07, 6.45) is 2.17. The molecule has 0 aromatic heterocycles. The number of nitrogens with one attached hydrogen (secondary N) is 1. The van der Waals surface area contributed by atoms with Gasteiger partial charge in [0.2, 0.25) is 0 Å². The third-order valence-electron chi connectivity index (χ3n) is 4.45. The van der Waals surface area contributed by atoms with Gasteiger partial charge in [-0.15, -0.1) is 0 Å². The molecule has 1 saturated heterocycles. The van der Waals surface area contributed by atoms with E-state index in [9.17, 15) is 0 Å². The first-order valence-electron chi connectivity index (χ1n) is 6.48. The van der Waals surface area contributed by atoms with Crippen molar-refractivity contribution < 1.29 is 4.84 Å². The van der Waals surface area contributed by atoms with Gasteiger partial charge in [0.1, 0.15) is 5.60 Å². The summed E-state index contributed by atoms with van der Waals surface area (Å²) in [6, 6.07) is 7.22. The lowest BCUT2D eigenvalue weighted by atomic mass is 9.73. The molecule has 0 radical (unpaired) electrons. The van der Waals surface area contributed by atoms with E-state index in [0.29, 0.717) is 6.04 Å². The molecule has 1 aliphatic carbocycles. The van der Waals surface area contributed by atoms with Crippen LogP contribution in [-0.2, 0) is 16.9 Å². The van der Waals surface area contributed by atoms with Crippen LogP contribution >= 0.6 is 0 Å². The van der Waals surface area contributed by atoms with Crippen molar-refractivity contribution in [2.24, 2.45) is 5.41 Å². The zero-order chi connectivity index (χ0) is 12.3. The summed E-state index contributed by atoms with van der Waals surface area (Å²) in [4.78, 5) is 6.06. The molecule has 2 aliphatic rings. The predicted octanol–water partition coefficient (Wildman–Crippen LogP) is 3.09. The van der Waals surface area contributed by atoms with Gasteiger partial charge < -0.3 is 0 Å². The lowest BCUT2D eigenvalue weighted by Crippen LogP contribution is -2.38. The van der Waals surface area contributed by atoms with Gasteiger partial charge in [-0.1, -0.05) is 37.6 Å². The van der Waals surface area contributed by atoms with Crippen molar-refractivity contribution in [2.45, 2.75) is 52.2 Å². The van der Waals surface area contributed by atoms with Crippen LogP contribution in [0.3, 0.4) is 0 Å². The van der Waals surface area contributed by atoms with Crippen LogP contribution in [0.5, 0.6) is 0 Å². The van der Waals surface area contributed by atoms with E-state index in [4.69, 9.17) is 4.84 Å². The van der Waals surface area contributed by atoms with Crippen molar-refractivity contribution in [1.82, 2.24) is 5.48 Å². The maximum Gasteiger partial charge on any atom is 0.122 e. The van der Waals surface area contributed by atoms with Crippen LogP contribution in [-0.4, -0.2) is 6.04 Å². The predicted molar refractivity (Wildman–Crippen MR) is 68.6 cm³/mol. The highest BCUT2D eigenvalue weighted by Crippen LogP contribution is 2.56. The molecule has 1 heterocycles. The van der Waals surface area contributed by atoms with Crippen LogP contribution in [0.2, 0.25) is 0 Å². The number of aryl methyl sites for hydroxylation is 1.